The highest BCUT2D eigenvalue weighted by Crippen LogP contribution is 2.41. The number of nitrogens with one attached hydrogen (secondary N) is 1. The summed E-state index contributed by atoms with van der Waals surface area (Å²) in [5.74, 6) is -5.23. The van der Waals surface area contributed by atoms with Gasteiger partial charge in [-0.15, -0.1) is 0 Å². The molecular weight excluding hydrogens is 478 g/mol. The second-order valence-corrected chi connectivity index (χ2v) is 9.87. The zero-order valence-corrected chi connectivity index (χ0v) is 18.6. The van der Waals surface area contributed by atoms with E-state index >= 15 is 4.39 Å². The first-order chi connectivity index (χ1) is 15.7. The van der Waals surface area contributed by atoms with Gasteiger partial charge in [-0.2, -0.15) is 0 Å². The van der Waals surface area contributed by atoms with Crippen LogP contribution in [0.5, 0.6) is 0 Å². The van der Waals surface area contributed by atoms with Gasteiger partial charge in [-0.3, -0.25) is 4.98 Å². The third-order valence-corrected chi connectivity index (χ3v) is 7.56. The molecule has 4 rings (SSSR count). The van der Waals surface area contributed by atoms with Gasteiger partial charge < -0.3 is 5.32 Å². The maximum absolute atomic E-state index is 15.5. The minimum Gasteiger partial charge on any atom is -0.365 e. The minimum atomic E-state index is -4.48. The summed E-state index contributed by atoms with van der Waals surface area (Å²) in [5.41, 5.74) is -0.346. The van der Waals surface area contributed by atoms with Crippen LogP contribution in [0.4, 0.5) is 22.7 Å². The normalized spacial score (nSPS) is 11.5. The Morgan fingerprint density at radius 1 is 0.970 bits per heavy atom. The lowest BCUT2D eigenvalue weighted by atomic mass is 10.0. The van der Waals surface area contributed by atoms with E-state index < -0.39 is 54.9 Å². The van der Waals surface area contributed by atoms with Gasteiger partial charge in [0.25, 0.3) is 0 Å². The van der Waals surface area contributed by atoms with E-state index in [0.29, 0.717) is 27.7 Å². The van der Waals surface area contributed by atoms with Crippen LogP contribution in [0.25, 0.3) is 21.7 Å². The molecule has 2 heterocycles. The van der Waals surface area contributed by atoms with E-state index in [0.717, 1.165) is 29.5 Å². The molecule has 2 aromatic heterocycles. The number of halogens is 4. The summed E-state index contributed by atoms with van der Waals surface area (Å²) >= 11 is 1.15. The molecule has 0 saturated carbocycles. The van der Waals surface area contributed by atoms with Crippen LogP contribution < -0.4 is 5.32 Å². The highest BCUT2D eigenvalue weighted by molar-refractivity contribution is 7.90. The van der Waals surface area contributed by atoms with Gasteiger partial charge in [-0.05, 0) is 42.0 Å². The summed E-state index contributed by atoms with van der Waals surface area (Å²) in [4.78, 5) is 7.73. The number of aromatic nitrogens is 2. The summed E-state index contributed by atoms with van der Waals surface area (Å²) in [7, 11) is -2.88. The molecule has 0 atom stereocenters. The summed E-state index contributed by atoms with van der Waals surface area (Å²) in [6.07, 6.45) is 3.03. The van der Waals surface area contributed by atoms with E-state index in [1.54, 1.807) is 19.2 Å². The number of hydrogen-bond acceptors (Lipinski definition) is 6. The smallest absolute Gasteiger partial charge is 0.185 e. The average molecular weight is 494 g/mol. The van der Waals surface area contributed by atoms with Gasteiger partial charge in [0, 0.05) is 25.0 Å². The quantitative estimate of drug-likeness (QED) is 0.362. The summed E-state index contributed by atoms with van der Waals surface area (Å²) < 4.78 is 83.3. The molecular formula is C22H15F4N3O2S2. The second-order valence-electron chi connectivity index (χ2n) is 6.91. The Bertz CT molecular complexity index is 1440. The first-order valence-electron chi connectivity index (χ1n) is 9.45. The number of rotatable bonds is 6. The van der Waals surface area contributed by atoms with Crippen LogP contribution in [-0.4, -0.2) is 25.4 Å². The van der Waals surface area contributed by atoms with E-state index in [1.807, 2.05) is 0 Å². The first-order valence-corrected chi connectivity index (χ1v) is 11.9. The predicted octanol–water partition coefficient (Wildman–Crippen LogP) is 5.44. The average Bonchev–Trinajstić information content (AvgIpc) is 3.22. The highest BCUT2D eigenvalue weighted by atomic mass is 32.2. The molecule has 0 aliphatic heterocycles. The Hall–Kier alpha value is -3.31. The predicted molar refractivity (Wildman–Crippen MR) is 117 cm³/mol. The van der Waals surface area contributed by atoms with Gasteiger partial charge in [0.2, 0.25) is 0 Å². The molecule has 0 aliphatic rings. The van der Waals surface area contributed by atoms with Crippen molar-refractivity contribution in [2.45, 2.75) is 10.6 Å². The fourth-order valence-electron chi connectivity index (χ4n) is 3.22. The lowest BCUT2D eigenvalue weighted by Crippen LogP contribution is -2.10. The minimum absolute atomic E-state index is 0.0262. The van der Waals surface area contributed by atoms with Crippen LogP contribution in [0.1, 0.15) is 5.56 Å². The molecule has 0 aliphatic carbocycles. The second kappa shape index (κ2) is 8.91. The number of thiazole rings is 1. The molecule has 0 unspecified atom stereocenters. The molecule has 0 bridgehead atoms. The molecule has 2 aromatic carbocycles. The van der Waals surface area contributed by atoms with Crippen LogP contribution in [0, 0.1) is 23.3 Å². The van der Waals surface area contributed by atoms with Crippen molar-refractivity contribution < 1.29 is 26.0 Å². The molecule has 170 valence electrons. The van der Waals surface area contributed by atoms with Crippen LogP contribution in [0.3, 0.4) is 0 Å². The fourth-order valence-corrected chi connectivity index (χ4v) is 5.59. The van der Waals surface area contributed by atoms with Crippen molar-refractivity contribution in [3.8, 4) is 21.7 Å². The molecule has 0 saturated heterocycles. The van der Waals surface area contributed by atoms with Gasteiger partial charge in [0.15, 0.2) is 15.0 Å². The zero-order valence-electron chi connectivity index (χ0n) is 16.9. The fraction of sp³-hybridized carbons (Fsp3) is 0.0909. The molecule has 33 heavy (non-hydrogen) atoms. The Labute approximate surface area is 190 Å². The van der Waals surface area contributed by atoms with Crippen LogP contribution in [0.2, 0.25) is 0 Å². The Kier molecular flexibility index (Phi) is 6.17. The van der Waals surface area contributed by atoms with Crippen LogP contribution >= 0.6 is 11.3 Å². The number of benzene rings is 2. The Morgan fingerprint density at radius 2 is 1.67 bits per heavy atom. The number of pyridine rings is 1. The molecule has 5 nitrogen and oxygen atoms in total. The lowest BCUT2D eigenvalue weighted by molar-refractivity contribution is 0.549. The molecule has 0 amide bonds. The van der Waals surface area contributed by atoms with Gasteiger partial charge in [-0.25, -0.2) is 31.0 Å². The van der Waals surface area contributed by atoms with Crippen molar-refractivity contribution in [1.29, 1.82) is 0 Å². The van der Waals surface area contributed by atoms with Crippen molar-refractivity contribution in [3.05, 3.63) is 83.7 Å². The third-order valence-electron chi connectivity index (χ3n) is 4.77. The van der Waals surface area contributed by atoms with Crippen molar-refractivity contribution >= 4 is 26.3 Å². The van der Waals surface area contributed by atoms with Crippen LogP contribution in [0.15, 0.2) is 59.8 Å². The Balaban J connectivity index is 1.84. The molecule has 0 radical (unpaired) electrons. The molecule has 0 spiro atoms. The lowest BCUT2D eigenvalue weighted by Gasteiger charge is -2.11. The van der Waals surface area contributed by atoms with E-state index in [-0.39, 0.29) is 5.69 Å². The monoisotopic (exact) mass is 493 g/mol. The highest BCUT2D eigenvalue weighted by Gasteiger charge is 2.27. The molecule has 4 aromatic rings. The maximum Gasteiger partial charge on any atom is 0.185 e. The van der Waals surface area contributed by atoms with E-state index in [9.17, 15) is 21.6 Å². The van der Waals surface area contributed by atoms with E-state index in [4.69, 9.17) is 0 Å². The molecule has 11 heteroatoms. The maximum atomic E-state index is 15.5. The number of anilines is 1. The summed E-state index contributed by atoms with van der Waals surface area (Å²) in [6, 6.07) is 7.13. The van der Waals surface area contributed by atoms with Gasteiger partial charge in [-0.1, -0.05) is 17.4 Å². The largest absolute Gasteiger partial charge is 0.365 e. The topological polar surface area (TPSA) is 72.0 Å². The third kappa shape index (κ3) is 4.46. The van der Waals surface area contributed by atoms with Crippen LogP contribution in [-0.2, 0) is 15.6 Å². The number of hydrogen-bond donors (Lipinski definition) is 1. The number of sulfone groups is 1. The van der Waals surface area contributed by atoms with Gasteiger partial charge in [0.1, 0.15) is 28.2 Å². The van der Waals surface area contributed by atoms with Gasteiger partial charge in [0.05, 0.1) is 21.9 Å². The molecule has 1 N–H and O–H groups in total. The zero-order chi connectivity index (χ0) is 23.8. The van der Waals surface area contributed by atoms with E-state index in [1.165, 1.54) is 12.4 Å². The first kappa shape index (κ1) is 22.9. The van der Waals surface area contributed by atoms with Crippen molar-refractivity contribution in [1.82, 2.24) is 9.97 Å². The van der Waals surface area contributed by atoms with E-state index in [2.05, 4.69) is 15.3 Å². The van der Waals surface area contributed by atoms with Gasteiger partial charge >= 0.3 is 0 Å². The van der Waals surface area contributed by atoms with Crippen molar-refractivity contribution in [2.24, 2.45) is 0 Å². The Morgan fingerprint density at radius 3 is 2.36 bits per heavy atom. The standard InChI is InChI=1S/C22H15F4N3O2S2/c1-27-22-29-20(21(32-22)12-6-8-28-9-7-12)18-16(25)4-2-13(19(18)26)11-33(30,31)17-10-14(23)3-5-15(17)24/h2-10H,11H2,1H3,(H,27,29). The van der Waals surface area contributed by atoms with Crippen molar-refractivity contribution in [2.75, 3.05) is 12.4 Å². The van der Waals surface area contributed by atoms with Crippen molar-refractivity contribution in [3.63, 3.8) is 0 Å². The SMILES string of the molecule is CNc1nc(-c2c(F)ccc(CS(=O)(=O)c3cc(F)ccc3F)c2F)c(-c2ccncc2)s1. The summed E-state index contributed by atoms with van der Waals surface area (Å²) in [6.45, 7) is 0. The summed E-state index contributed by atoms with van der Waals surface area (Å²) in [5, 5.41) is 3.21. The molecule has 0 fully saturated rings. The number of nitrogens with zero attached hydrogens (tertiary/aromatic N) is 2.